The third-order valence-corrected chi connectivity index (χ3v) is 4.88. The molecule has 2 N–H and O–H groups in total. The summed E-state index contributed by atoms with van der Waals surface area (Å²) in [5, 5.41) is 0. The number of nitrogens with two attached hydrogens (primary N) is 1. The van der Waals surface area contributed by atoms with Crippen LogP contribution in [0.25, 0.3) is 0 Å². The molecule has 0 bridgehead atoms. The molecule has 0 saturated carbocycles. The first-order valence-corrected chi connectivity index (χ1v) is 10.5. The van der Waals surface area contributed by atoms with Crippen molar-refractivity contribution in [2.75, 3.05) is 20.3 Å². The quantitative estimate of drug-likeness (QED) is 0.543. The third kappa shape index (κ3) is 11.4. The van der Waals surface area contributed by atoms with Crippen LogP contribution in [0.4, 0.5) is 0 Å². The fourth-order valence-corrected chi connectivity index (χ4v) is 3.51. The van der Waals surface area contributed by atoms with Gasteiger partial charge in [0.2, 0.25) is 5.91 Å². The van der Waals surface area contributed by atoms with E-state index in [4.69, 9.17) is 15.2 Å². The smallest absolute Gasteiger partial charge is 0.225 e. The Hall–Kier alpha value is -0.650. The van der Waals surface area contributed by atoms with E-state index in [-0.39, 0.29) is 28.0 Å². The molecule has 0 aliphatic rings. The van der Waals surface area contributed by atoms with Gasteiger partial charge in [0.15, 0.2) is 0 Å². The number of carbonyl (C=O) groups excluding carboxylic acids is 1. The maximum Gasteiger partial charge on any atom is 0.225 e. The lowest BCUT2D eigenvalue weighted by molar-refractivity contribution is -0.146. The zero-order chi connectivity index (χ0) is 22.6. The van der Waals surface area contributed by atoms with Crippen molar-refractivity contribution in [1.82, 2.24) is 4.90 Å². The summed E-state index contributed by atoms with van der Waals surface area (Å²) in [5.74, 6) is 0.111. The van der Waals surface area contributed by atoms with Gasteiger partial charge < -0.3 is 20.1 Å². The van der Waals surface area contributed by atoms with E-state index >= 15 is 0 Å². The maximum atomic E-state index is 13.4. The number of hydrogen-bond acceptors (Lipinski definition) is 4. The molecule has 168 valence electrons. The van der Waals surface area contributed by atoms with Gasteiger partial charge in [0, 0.05) is 24.7 Å². The van der Waals surface area contributed by atoms with Crippen LogP contribution >= 0.6 is 0 Å². The van der Waals surface area contributed by atoms with Crippen molar-refractivity contribution in [3.8, 4) is 0 Å². The maximum absolute atomic E-state index is 13.4. The van der Waals surface area contributed by atoms with Crippen LogP contribution in [0.2, 0.25) is 0 Å². The predicted octanol–water partition coefficient (Wildman–Crippen LogP) is 4.77. The summed E-state index contributed by atoms with van der Waals surface area (Å²) in [6.45, 7) is 24.0. The van der Waals surface area contributed by atoms with Crippen LogP contribution in [0.5, 0.6) is 0 Å². The average Bonchev–Trinajstić information content (AvgIpc) is 2.40. The molecule has 0 unspecified atom stereocenters. The van der Waals surface area contributed by atoms with Gasteiger partial charge >= 0.3 is 0 Å². The Balaban J connectivity index is 5.28. The highest BCUT2D eigenvalue weighted by Crippen LogP contribution is 2.31. The van der Waals surface area contributed by atoms with E-state index in [2.05, 4.69) is 34.6 Å². The van der Waals surface area contributed by atoms with Crippen molar-refractivity contribution < 1.29 is 14.3 Å². The number of rotatable bonds is 11. The standard InChI is InChI=1S/C23H48N2O3/c1-19(2,3)17-25(21(6,7)16-20(4,5)24)18(26)15-23(10,11)28-14-13-22(8,9)27-12/h13-17,24H2,1-12H3. The number of carbonyl (C=O) groups is 1. The van der Waals surface area contributed by atoms with Crippen molar-refractivity contribution in [1.29, 1.82) is 0 Å². The predicted molar refractivity (Wildman–Crippen MR) is 118 cm³/mol. The molecule has 5 heteroatoms. The van der Waals surface area contributed by atoms with Crippen LogP contribution in [0.15, 0.2) is 0 Å². The van der Waals surface area contributed by atoms with Gasteiger partial charge in [-0.05, 0) is 73.6 Å². The van der Waals surface area contributed by atoms with E-state index in [1.165, 1.54) is 0 Å². The molecule has 0 aromatic heterocycles. The second kappa shape index (κ2) is 9.44. The Morgan fingerprint density at radius 3 is 1.79 bits per heavy atom. The summed E-state index contributed by atoms with van der Waals surface area (Å²) in [5.41, 5.74) is 4.84. The van der Waals surface area contributed by atoms with E-state index in [0.717, 1.165) is 12.8 Å². The molecular weight excluding hydrogens is 352 g/mol. The Morgan fingerprint density at radius 2 is 1.39 bits per heavy atom. The first kappa shape index (κ1) is 27.4. The zero-order valence-electron chi connectivity index (χ0n) is 20.8. The molecule has 0 radical (unpaired) electrons. The largest absolute Gasteiger partial charge is 0.379 e. The Kier molecular flexibility index (Phi) is 9.22. The molecule has 0 aromatic rings. The Morgan fingerprint density at radius 1 is 0.893 bits per heavy atom. The van der Waals surface area contributed by atoms with Crippen LogP contribution in [0.1, 0.15) is 95.4 Å². The summed E-state index contributed by atoms with van der Waals surface area (Å²) in [7, 11) is 1.71. The lowest BCUT2D eigenvalue weighted by Crippen LogP contribution is -2.56. The van der Waals surface area contributed by atoms with E-state index in [0.29, 0.717) is 19.6 Å². The number of hydrogen-bond donors (Lipinski definition) is 1. The number of amides is 1. The van der Waals surface area contributed by atoms with Crippen molar-refractivity contribution in [3.63, 3.8) is 0 Å². The molecule has 0 heterocycles. The number of methoxy groups -OCH3 is 1. The van der Waals surface area contributed by atoms with Gasteiger partial charge in [-0.2, -0.15) is 0 Å². The summed E-state index contributed by atoms with van der Waals surface area (Å²) in [4.78, 5) is 15.4. The van der Waals surface area contributed by atoms with Crippen LogP contribution < -0.4 is 5.73 Å². The van der Waals surface area contributed by atoms with Crippen molar-refractivity contribution in [3.05, 3.63) is 0 Å². The first-order chi connectivity index (χ1) is 12.2. The van der Waals surface area contributed by atoms with Gasteiger partial charge in [-0.25, -0.2) is 0 Å². The van der Waals surface area contributed by atoms with Gasteiger partial charge in [-0.1, -0.05) is 20.8 Å². The van der Waals surface area contributed by atoms with E-state index in [9.17, 15) is 4.79 Å². The Bertz CT molecular complexity index is 497. The highest BCUT2D eigenvalue weighted by atomic mass is 16.5. The fraction of sp³-hybridized carbons (Fsp3) is 0.957. The van der Waals surface area contributed by atoms with Crippen molar-refractivity contribution in [2.24, 2.45) is 11.1 Å². The van der Waals surface area contributed by atoms with E-state index in [1.807, 2.05) is 46.4 Å². The minimum Gasteiger partial charge on any atom is -0.379 e. The molecule has 5 nitrogen and oxygen atoms in total. The summed E-state index contributed by atoms with van der Waals surface area (Å²) in [6.07, 6.45) is 1.84. The third-order valence-electron chi connectivity index (χ3n) is 4.88. The monoisotopic (exact) mass is 400 g/mol. The SMILES string of the molecule is COC(C)(C)CCOC(C)(C)CC(=O)N(CC(C)(C)C)C(C)(C)CC(C)(C)N. The van der Waals surface area contributed by atoms with Crippen molar-refractivity contribution in [2.45, 2.75) is 118 Å². The molecule has 28 heavy (non-hydrogen) atoms. The van der Waals surface area contributed by atoms with Crippen LogP contribution in [0.3, 0.4) is 0 Å². The van der Waals surface area contributed by atoms with E-state index in [1.54, 1.807) is 7.11 Å². The molecular formula is C23H48N2O3. The number of nitrogens with zero attached hydrogens (tertiary/aromatic N) is 1. The molecule has 0 atom stereocenters. The molecule has 0 rings (SSSR count). The van der Waals surface area contributed by atoms with Crippen molar-refractivity contribution >= 4 is 5.91 Å². The summed E-state index contributed by atoms with van der Waals surface area (Å²) < 4.78 is 11.5. The number of ether oxygens (including phenoxy) is 2. The molecule has 0 aliphatic carbocycles. The van der Waals surface area contributed by atoms with Gasteiger partial charge in [0.05, 0.1) is 24.2 Å². The second-order valence-corrected chi connectivity index (χ2v) is 12.0. The summed E-state index contributed by atoms with van der Waals surface area (Å²) >= 11 is 0. The highest BCUT2D eigenvalue weighted by Gasteiger charge is 2.38. The molecule has 0 aromatic carbocycles. The van der Waals surface area contributed by atoms with Gasteiger partial charge in [0.25, 0.3) is 0 Å². The van der Waals surface area contributed by atoms with Crippen LogP contribution in [-0.2, 0) is 14.3 Å². The summed E-state index contributed by atoms with van der Waals surface area (Å²) in [6, 6.07) is 0. The Labute approximate surface area is 174 Å². The molecule has 0 spiro atoms. The lowest BCUT2D eigenvalue weighted by Gasteiger charge is -2.46. The highest BCUT2D eigenvalue weighted by molar-refractivity contribution is 5.78. The molecule has 1 amide bonds. The first-order valence-electron chi connectivity index (χ1n) is 10.5. The van der Waals surface area contributed by atoms with Crippen LogP contribution in [0, 0.1) is 5.41 Å². The lowest BCUT2D eigenvalue weighted by atomic mass is 9.83. The average molecular weight is 401 g/mol. The molecule has 0 fully saturated rings. The topological polar surface area (TPSA) is 64.8 Å². The second-order valence-electron chi connectivity index (χ2n) is 12.0. The van der Waals surface area contributed by atoms with Gasteiger partial charge in [-0.15, -0.1) is 0 Å². The zero-order valence-corrected chi connectivity index (χ0v) is 20.8. The fourth-order valence-electron chi connectivity index (χ4n) is 3.51. The normalized spacial score (nSPS) is 14.3. The van der Waals surface area contributed by atoms with Gasteiger partial charge in [0.1, 0.15) is 0 Å². The molecule has 0 saturated heterocycles. The minimum absolute atomic E-state index is 0.000833. The minimum atomic E-state index is -0.536. The molecule has 0 aliphatic heterocycles. The van der Waals surface area contributed by atoms with Crippen LogP contribution in [-0.4, -0.2) is 53.3 Å². The van der Waals surface area contributed by atoms with Gasteiger partial charge in [-0.3, -0.25) is 4.79 Å². The van der Waals surface area contributed by atoms with E-state index < -0.39 is 5.60 Å².